The summed E-state index contributed by atoms with van der Waals surface area (Å²) in [6, 6.07) is 63.8. The van der Waals surface area contributed by atoms with E-state index in [2.05, 4.69) is 224 Å². The van der Waals surface area contributed by atoms with Crippen LogP contribution in [0.3, 0.4) is 0 Å². The van der Waals surface area contributed by atoms with Crippen molar-refractivity contribution in [2.24, 2.45) is 0 Å². The number of fused-ring (bicyclic) bond motifs is 2. The van der Waals surface area contributed by atoms with Crippen LogP contribution < -0.4 is 4.90 Å². The highest BCUT2D eigenvalue weighted by Gasteiger charge is 2.16. The summed E-state index contributed by atoms with van der Waals surface area (Å²) in [6.45, 7) is 4.47. The quantitative estimate of drug-likeness (QED) is 0.159. The number of hydrogen-bond donors (Lipinski definition) is 0. The van der Waals surface area contributed by atoms with Crippen molar-refractivity contribution in [2.75, 3.05) is 4.90 Å². The van der Waals surface area contributed by atoms with Gasteiger partial charge in [0, 0.05) is 17.1 Å². The minimum Gasteiger partial charge on any atom is -0.310 e. The summed E-state index contributed by atoms with van der Waals surface area (Å²) in [4.78, 5) is 2.36. The van der Waals surface area contributed by atoms with Crippen LogP contribution in [-0.4, -0.2) is 0 Å². The van der Waals surface area contributed by atoms with Crippen LogP contribution in [0.1, 0.15) is 46.2 Å². The molecule has 2 aliphatic rings. The fraction of sp³-hybridized carbons (Fsp3) is 0.0545. The van der Waals surface area contributed by atoms with E-state index < -0.39 is 0 Å². The highest BCUT2D eigenvalue weighted by atomic mass is 15.1. The molecule has 0 aromatic heterocycles. The maximum atomic E-state index is 4.47. The Bertz CT molecular complexity index is 2630. The molecule has 0 saturated heterocycles. The van der Waals surface area contributed by atoms with E-state index in [0.29, 0.717) is 0 Å². The zero-order valence-electron chi connectivity index (χ0n) is 31.5. The largest absolute Gasteiger partial charge is 0.310 e. The number of nitrogens with zero attached hydrogens (tertiary/aromatic N) is 1. The molecule has 268 valence electrons. The first kappa shape index (κ1) is 34.8. The van der Waals surface area contributed by atoms with Crippen molar-refractivity contribution in [3.05, 3.63) is 246 Å². The average Bonchev–Trinajstić information content (AvgIpc) is 3.27. The molecule has 0 saturated carbocycles. The van der Waals surface area contributed by atoms with Gasteiger partial charge in [-0.2, -0.15) is 0 Å². The molecule has 0 fully saturated rings. The molecule has 0 spiro atoms. The molecule has 0 bridgehead atoms. The maximum absolute atomic E-state index is 4.47. The van der Waals surface area contributed by atoms with Gasteiger partial charge < -0.3 is 4.90 Å². The van der Waals surface area contributed by atoms with Crippen LogP contribution in [0.4, 0.5) is 17.1 Å². The first-order chi connectivity index (χ1) is 27.7. The lowest BCUT2D eigenvalue weighted by Crippen LogP contribution is -2.10. The molecule has 0 amide bonds. The molecule has 0 N–H and O–H groups in total. The predicted molar refractivity (Wildman–Crippen MR) is 240 cm³/mol. The fourth-order valence-electron chi connectivity index (χ4n) is 7.93. The van der Waals surface area contributed by atoms with Gasteiger partial charge in [0.1, 0.15) is 0 Å². The van der Waals surface area contributed by atoms with Crippen LogP contribution in [-0.2, 0) is 6.42 Å². The molecular weight excluding hydrogens is 675 g/mol. The Morgan fingerprint density at radius 2 is 1.02 bits per heavy atom. The van der Waals surface area contributed by atoms with Crippen molar-refractivity contribution in [2.45, 2.75) is 19.3 Å². The molecular formula is C55H43N. The standard InChI is InChI=1S/C55H43N/c1-40-23-24-43-17-8-9-18-44(43)33-38-54(55-22-11-10-21-53(40)55)48-27-25-47(26-28-48)49-19-12-20-52(39-49)56(50-34-29-45(30-35-50)41-13-4-2-5-14-41)51-36-31-46(32-37-51)42-15-6-3-7-16-42/h2,4-6,8-32,34-39H,1,3,7,33H2/b24-23-,54-38-. The van der Waals surface area contributed by atoms with E-state index in [0.717, 1.165) is 47.5 Å². The van der Waals surface area contributed by atoms with Gasteiger partial charge in [-0.3, -0.25) is 0 Å². The maximum Gasteiger partial charge on any atom is 0.0467 e. The SMILES string of the molecule is C=C1/C=C\c2ccccc2C/C=C(/c2ccc(-c3cccc(N(c4ccc(C5=CCCC=C5)cc4)c4ccc(-c5ccccc5)cc4)c3)cc2)c2ccccc21. The highest BCUT2D eigenvalue weighted by Crippen LogP contribution is 2.39. The molecule has 0 unspecified atom stereocenters. The van der Waals surface area contributed by atoms with E-state index in [1.54, 1.807) is 0 Å². The Hall–Kier alpha value is -6.96. The van der Waals surface area contributed by atoms with Crippen LogP contribution in [0.25, 0.3) is 45.0 Å². The molecule has 7 aromatic rings. The number of hydrogen-bond acceptors (Lipinski definition) is 1. The Kier molecular flexibility index (Phi) is 9.81. The normalized spacial score (nSPS) is 15.1. The summed E-state index contributed by atoms with van der Waals surface area (Å²) in [5.41, 5.74) is 19.0. The Morgan fingerprint density at radius 3 is 1.77 bits per heavy atom. The van der Waals surface area contributed by atoms with Gasteiger partial charge in [0.05, 0.1) is 0 Å². The van der Waals surface area contributed by atoms with Crippen molar-refractivity contribution in [3.8, 4) is 22.3 Å². The van der Waals surface area contributed by atoms with E-state index in [4.69, 9.17) is 0 Å². The lowest BCUT2D eigenvalue weighted by molar-refractivity contribution is 1.04. The summed E-state index contributed by atoms with van der Waals surface area (Å²) in [7, 11) is 0. The van der Waals surface area contributed by atoms with Gasteiger partial charge in [-0.25, -0.2) is 0 Å². The van der Waals surface area contributed by atoms with E-state index in [-0.39, 0.29) is 0 Å². The van der Waals surface area contributed by atoms with E-state index in [1.807, 2.05) is 0 Å². The van der Waals surface area contributed by atoms with Crippen LogP contribution in [0.2, 0.25) is 0 Å². The Labute approximate surface area is 331 Å². The minimum atomic E-state index is 0.845. The lowest BCUT2D eigenvalue weighted by atomic mass is 9.87. The third kappa shape index (κ3) is 7.28. The second-order valence-electron chi connectivity index (χ2n) is 14.5. The molecule has 1 heteroatoms. The zero-order chi connectivity index (χ0) is 37.7. The van der Waals surface area contributed by atoms with Gasteiger partial charge >= 0.3 is 0 Å². The fourth-order valence-corrected chi connectivity index (χ4v) is 7.93. The molecule has 9 rings (SSSR count). The zero-order valence-corrected chi connectivity index (χ0v) is 31.5. The topological polar surface area (TPSA) is 3.24 Å². The van der Waals surface area contributed by atoms with E-state index >= 15 is 0 Å². The minimum absolute atomic E-state index is 0.845. The van der Waals surface area contributed by atoms with E-state index in [9.17, 15) is 0 Å². The number of anilines is 3. The molecule has 0 atom stereocenters. The van der Waals surface area contributed by atoms with Gasteiger partial charge in [-0.15, -0.1) is 0 Å². The molecule has 0 aliphatic heterocycles. The number of allylic oxidation sites excluding steroid dienone is 7. The predicted octanol–water partition coefficient (Wildman–Crippen LogP) is 14.9. The number of rotatable bonds is 7. The number of benzene rings is 7. The third-order valence-corrected chi connectivity index (χ3v) is 10.9. The van der Waals surface area contributed by atoms with Crippen molar-refractivity contribution >= 4 is 39.9 Å². The molecule has 1 nitrogen and oxygen atoms in total. The van der Waals surface area contributed by atoms with Crippen molar-refractivity contribution in [1.82, 2.24) is 0 Å². The Morgan fingerprint density at radius 1 is 0.411 bits per heavy atom. The van der Waals surface area contributed by atoms with Crippen LogP contribution >= 0.6 is 0 Å². The summed E-state index contributed by atoms with van der Waals surface area (Å²) in [6.07, 6.45) is 16.6. The summed E-state index contributed by atoms with van der Waals surface area (Å²) in [5.74, 6) is 0. The molecule has 2 aliphatic carbocycles. The van der Waals surface area contributed by atoms with Crippen LogP contribution in [0.15, 0.2) is 213 Å². The smallest absolute Gasteiger partial charge is 0.0467 e. The van der Waals surface area contributed by atoms with Gasteiger partial charge in [-0.1, -0.05) is 183 Å². The van der Waals surface area contributed by atoms with Gasteiger partial charge in [0.2, 0.25) is 0 Å². The Balaban J connectivity index is 1.07. The molecule has 0 heterocycles. The highest BCUT2D eigenvalue weighted by molar-refractivity contribution is 5.91. The van der Waals surface area contributed by atoms with Crippen molar-refractivity contribution in [1.29, 1.82) is 0 Å². The lowest BCUT2D eigenvalue weighted by Gasteiger charge is -2.26. The van der Waals surface area contributed by atoms with Crippen LogP contribution in [0.5, 0.6) is 0 Å². The average molecular weight is 718 g/mol. The van der Waals surface area contributed by atoms with Gasteiger partial charge in [0.25, 0.3) is 0 Å². The monoisotopic (exact) mass is 717 g/mol. The second kappa shape index (κ2) is 15.8. The van der Waals surface area contributed by atoms with Crippen molar-refractivity contribution < 1.29 is 0 Å². The summed E-state index contributed by atoms with van der Waals surface area (Å²) < 4.78 is 0. The third-order valence-electron chi connectivity index (χ3n) is 10.9. The molecule has 7 aromatic carbocycles. The van der Waals surface area contributed by atoms with Gasteiger partial charge in [0.15, 0.2) is 0 Å². The first-order valence-electron chi connectivity index (χ1n) is 19.6. The van der Waals surface area contributed by atoms with E-state index in [1.165, 1.54) is 61.2 Å². The second-order valence-corrected chi connectivity index (χ2v) is 14.5. The van der Waals surface area contributed by atoms with Crippen molar-refractivity contribution in [3.63, 3.8) is 0 Å². The summed E-state index contributed by atoms with van der Waals surface area (Å²) >= 11 is 0. The molecule has 0 radical (unpaired) electrons. The summed E-state index contributed by atoms with van der Waals surface area (Å²) in [5, 5.41) is 0. The first-order valence-corrected chi connectivity index (χ1v) is 19.6. The van der Waals surface area contributed by atoms with Crippen LogP contribution in [0, 0.1) is 0 Å². The molecule has 56 heavy (non-hydrogen) atoms. The van der Waals surface area contributed by atoms with Gasteiger partial charge in [-0.05, 0) is 128 Å².